The van der Waals surface area contributed by atoms with Gasteiger partial charge in [0.05, 0.1) is 0 Å². The first-order valence-electron chi connectivity index (χ1n) is 2.98. The molecule has 0 radical (unpaired) electrons. The van der Waals surface area contributed by atoms with Crippen molar-refractivity contribution in [1.29, 1.82) is 0 Å². The monoisotopic (exact) mass is 126 g/mol. The second-order valence-electron chi connectivity index (χ2n) is 0.893. The van der Waals surface area contributed by atoms with Gasteiger partial charge in [0.25, 0.3) is 0 Å². The van der Waals surface area contributed by atoms with Crippen LogP contribution in [0.15, 0.2) is 35.2 Å². The Hall–Kier alpha value is -0.920. The molecule has 0 aliphatic rings. The van der Waals surface area contributed by atoms with Gasteiger partial charge in [-0.3, -0.25) is 0 Å². The lowest BCUT2D eigenvalue weighted by molar-refractivity contribution is 1.16. The van der Waals surface area contributed by atoms with Gasteiger partial charge in [0.1, 0.15) is 0 Å². The van der Waals surface area contributed by atoms with Crippen molar-refractivity contribution in [3.63, 3.8) is 0 Å². The van der Waals surface area contributed by atoms with E-state index in [2.05, 4.69) is 16.8 Å². The maximum atomic E-state index is 3.53. The molecule has 0 fully saturated rings. The molecule has 0 saturated carbocycles. The van der Waals surface area contributed by atoms with Crippen molar-refractivity contribution in [1.82, 2.24) is 0 Å². The van der Waals surface area contributed by atoms with Crippen molar-refractivity contribution in [2.75, 3.05) is 7.05 Å². The third-order valence-electron chi connectivity index (χ3n) is 0.404. The van der Waals surface area contributed by atoms with E-state index in [1.807, 2.05) is 13.8 Å². The average molecular weight is 126 g/mol. The minimum Gasteiger partial charge on any atom is -0.193 e. The van der Waals surface area contributed by atoms with E-state index >= 15 is 0 Å². The van der Waals surface area contributed by atoms with E-state index in [0.29, 0.717) is 0 Å². The Morgan fingerprint density at radius 2 is 1.89 bits per heavy atom. The Balaban J connectivity index is 0. The van der Waals surface area contributed by atoms with Crippen LogP contribution >= 0.6 is 0 Å². The van der Waals surface area contributed by atoms with Gasteiger partial charge in [-0.15, -0.1) is 0 Å². The van der Waals surface area contributed by atoms with Crippen molar-refractivity contribution in [3.8, 4) is 0 Å². The number of rotatable bonds is 2. The number of azo groups is 1. The van der Waals surface area contributed by atoms with Crippen LogP contribution in [0.5, 0.6) is 0 Å². The number of allylic oxidation sites excluding steroid dienone is 2. The molecular weight excluding hydrogens is 112 g/mol. The van der Waals surface area contributed by atoms with Gasteiger partial charge in [-0.05, 0) is 6.08 Å². The van der Waals surface area contributed by atoms with Crippen LogP contribution in [-0.2, 0) is 0 Å². The SMILES string of the molecule is C=C/C=C\N=NC.CC. The standard InChI is InChI=1S/C5H8N2.C2H6/c1-3-4-5-7-6-2;1-2/h3-5H,1H2,2H3;1-2H3/b5-4-,7-6?;. The molecule has 9 heavy (non-hydrogen) atoms. The normalized spacial score (nSPS) is 9.22. The molecule has 0 aromatic rings. The highest BCUT2D eigenvalue weighted by molar-refractivity contribution is 4.95. The van der Waals surface area contributed by atoms with Crippen molar-refractivity contribution < 1.29 is 0 Å². The number of nitrogens with zero attached hydrogens (tertiary/aromatic N) is 2. The Labute approximate surface area is 57.0 Å². The first-order valence-corrected chi connectivity index (χ1v) is 2.98. The van der Waals surface area contributed by atoms with Crippen LogP contribution in [0.3, 0.4) is 0 Å². The van der Waals surface area contributed by atoms with Crippen LogP contribution in [-0.4, -0.2) is 7.05 Å². The van der Waals surface area contributed by atoms with E-state index in [1.165, 1.54) is 0 Å². The van der Waals surface area contributed by atoms with Gasteiger partial charge < -0.3 is 0 Å². The summed E-state index contributed by atoms with van der Waals surface area (Å²) in [4.78, 5) is 0. The van der Waals surface area contributed by atoms with Gasteiger partial charge in [-0.1, -0.05) is 26.5 Å². The van der Waals surface area contributed by atoms with Crippen LogP contribution < -0.4 is 0 Å². The molecule has 0 saturated heterocycles. The number of hydrogen-bond acceptors (Lipinski definition) is 2. The lowest BCUT2D eigenvalue weighted by Gasteiger charge is -1.65. The van der Waals surface area contributed by atoms with Crippen LogP contribution in [0.2, 0.25) is 0 Å². The smallest absolute Gasteiger partial charge is 0.0491 e. The molecule has 0 unspecified atom stereocenters. The third kappa shape index (κ3) is 19.3. The Bertz CT molecular complexity index is 93.1. The minimum atomic E-state index is 1.58. The van der Waals surface area contributed by atoms with E-state index in [1.54, 1.807) is 25.4 Å². The molecule has 0 N–H and O–H groups in total. The van der Waals surface area contributed by atoms with E-state index in [0.717, 1.165) is 0 Å². The lowest BCUT2D eigenvalue weighted by atomic mass is 10.6. The van der Waals surface area contributed by atoms with Crippen molar-refractivity contribution in [2.24, 2.45) is 10.2 Å². The topological polar surface area (TPSA) is 24.7 Å². The summed E-state index contributed by atoms with van der Waals surface area (Å²) in [5.74, 6) is 0. The molecule has 0 rings (SSSR count). The van der Waals surface area contributed by atoms with Gasteiger partial charge in [-0.25, -0.2) is 0 Å². The summed E-state index contributed by atoms with van der Waals surface area (Å²) in [6, 6.07) is 0. The maximum absolute atomic E-state index is 3.53. The molecular formula is C7H14N2. The lowest BCUT2D eigenvalue weighted by Crippen LogP contribution is -1.44. The molecule has 0 aromatic heterocycles. The molecule has 0 bridgehead atoms. The molecule has 2 nitrogen and oxygen atoms in total. The highest BCUT2D eigenvalue weighted by Crippen LogP contribution is 1.74. The highest BCUT2D eigenvalue weighted by atomic mass is 15.1. The molecule has 2 heteroatoms. The Morgan fingerprint density at radius 3 is 2.22 bits per heavy atom. The zero-order chi connectivity index (χ0) is 7.54. The largest absolute Gasteiger partial charge is 0.193 e. The molecule has 0 aliphatic heterocycles. The van der Waals surface area contributed by atoms with Gasteiger partial charge in [0.2, 0.25) is 0 Å². The van der Waals surface area contributed by atoms with Crippen LogP contribution in [0, 0.1) is 0 Å². The summed E-state index contributed by atoms with van der Waals surface area (Å²) >= 11 is 0. The van der Waals surface area contributed by atoms with Crippen molar-refractivity contribution >= 4 is 0 Å². The highest BCUT2D eigenvalue weighted by Gasteiger charge is 1.52. The van der Waals surface area contributed by atoms with E-state index in [-0.39, 0.29) is 0 Å². The molecule has 52 valence electrons. The molecule has 0 aliphatic carbocycles. The summed E-state index contributed by atoms with van der Waals surface area (Å²) in [6.45, 7) is 7.44. The van der Waals surface area contributed by atoms with Crippen molar-refractivity contribution in [3.05, 3.63) is 24.9 Å². The minimum absolute atomic E-state index is 1.58. The summed E-state index contributed by atoms with van der Waals surface area (Å²) in [5, 5.41) is 7.00. The molecule has 0 heterocycles. The fourth-order valence-electron chi connectivity index (χ4n) is 0.166. The first-order chi connectivity index (χ1) is 4.41. The first kappa shape index (κ1) is 11.0. The Morgan fingerprint density at radius 1 is 1.33 bits per heavy atom. The summed E-state index contributed by atoms with van der Waals surface area (Å²) in [6.07, 6.45) is 4.94. The van der Waals surface area contributed by atoms with Crippen LogP contribution in [0.25, 0.3) is 0 Å². The summed E-state index contributed by atoms with van der Waals surface area (Å²) < 4.78 is 0. The van der Waals surface area contributed by atoms with E-state index in [9.17, 15) is 0 Å². The van der Waals surface area contributed by atoms with E-state index in [4.69, 9.17) is 0 Å². The zero-order valence-corrected chi connectivity index (χ0v) is 6.33. The molecule has 0 atom stereocenters. The van der Waals surface area contributed by atoms with E-state index < -0.39 is 0 Å². The van der Waals surface area contributed by atoms with Gasteiger partial charge in [-0.2, -0.15) is 10.2 Å². The zero-order valence-electron chi connectivity index (χ0n) is 6.33. The summed E-state index contributed by atoms with van der Waals surface area (Å²) in [7, 11) is 1.62. The second-order valence-corrected chi connectivity index (χ2v) is 0.893. The van der Waals surface area contributed by atoms with Crippen LogP contribution in [0.4, 0.5) is 0 Å². The predicted octanol–water partition coefficient (Wildman–Crippen LogP) is 2.79. The Kier molecular flexibility index (Phi) is 19.1. The van der Waals surface area contributed by atoms with Gasteiger partial charge >= 0.3 is 0 Å². The summed E-state index contributed by atoms with van der Waals surface area (Å²) in [5.41, 5.74) is 0. The van der Waals surface area contributed by atoms with Gasteiger partial charge in [0, 0.05) is 13.2 Å². The second kappa shape index (κ2) is 15.7. The average Bonchev–Trinajstić information content (AvgIpc) is 1.94. The maximum Gasteiger partial charge on any atom is 0.0491 e. The molecule has 0 spiro atoms. The van der Waals surface area contributed by atoms with Gasteiger partial charge in [0.15, 0.2) is 0 Å². The predicted molar refractivity (Wildman–Crippen MR) is 41.5 cm³/mol. The fourth-order valence-corrected chi connectivity index (χ4v) is 0.166. The molecule has 0 amide bonds. The molecule has 0 aromatic carbocycles. The van der Waals surface area contributed by atoms with Crippen molar-refractivity contribution in [2.45, 2.75) is 13.8 Å². The fraction of sp³-hybridized carbons (Fsp3) is 0.429. The third-order valence-corrected chi connectivity index (χ3v) is 0.404. The quantitative estimate of drug-likeness (QED) is 0.401. The number of hydrogen-bond donors (Lipinski definition) is 0. The van der Waals surface area contributed by atoms with Crippen LogP contribution in [0.1, 0.15) is 13.8 Å².